The van der Waals surface area contributed by atoms with Crippen molar-refractivity contribution in [3.63, 3.8) is 0 Å². The number of hydrogen-bond donors (Lipinski definition) is 1. The second kappa shape index (κ2) is 14.2. The lowest BCUT2D eigenvalue weighted by Crippen LogP contribution is -2.27. The van der Waals surface area contributed by atoms with Crippen LogP contribution in [-0.4, -0.2) is 5.91 Å². The van der Waals surface area contributed by atoms with Crippen LogP contribution in [0.4, 0.5) is 5.69 Å². The predicted octanol–water partition coefficient (Wildman–Crippen LogP) is 9.84. The van der Waals surface area contributed by atoms with Gasteiger partial charge in [-0.25, -0.2) is 0 Å². The van der Waals surface area contributed by atoms with Gasteiger partial charge in [0.05, 0.1) is 0 Å². The van der Waals surface area contributed by atoms with E-state index < -0.39 is 0 Å². The van der Waals surface area contributed by atoms with Crippen LogP contribution in [0.2, 0.25) is 5.02 Å². The molecule has 0 aliphatic heterocycles. The second-order valence-electron chi connectivity index (χ2n) is 11.9. The maximum Gasteiger partial charge on any atom is 0.227 e. The van der Waals surface area contributed by atoms with E-state index in [0.29, 0.717) is 17.8 Å². The predicted molar refractivity (Wildman–Crippen MR) is 167 cm³/mol. The molecule has 4 unspecified atom stereocenters. The first-order valence-electron chi connectivity index (χ1n) is 15.1. The van der Waals surface area contributed by atoms with E-state index in [1.807, 2.05) is 18.2 Å². The molecule has 0 bridgehead atoms. The zero-order valence-corrected chi connectivity index (χ0v) is 25.1. The average Bonchev–Trinajstić information content (AvgIpc) is 3.01. The van der Waals surface area contributed by atoms with Crippen molar-refractivity contribution in [3.8, 4) is 0 Å². The maximum absolute atomic E-state index is 13.1. The Morgan fingerprint density at radius 2 is 1.69 bits per heavy atom. The quantitative estimate of drug-likeness (QED) is 0.301. The summed E-state index contributed by atoms with van der Waals surface area (Å²) in [7, 11) is 0. The highest BCUT2D eigenvalue weighted by molar-refractivity contribution is 6.31. The molecule has 1 fully saturated rings. The smallest absolute Gasteiger partial charge is 0.227 e. The van der Waals surface area contributed by atoms with Crippen LogP contribution in [0.5, 0.6) is 0 Å². The summed E-state index contributed by atoms with van der Waals surface area (Å²) in [6.45, 7) is 8.82. The molecule has 1 aliphatic rings. The minimum Gasteiger partial charge on any atom is -0.326 e. The summed E-state index contributed by atoms with van der Waals surface area (Å²) in [6, 6.07) is 23.4. The number of halogens is 1. The van der Waals surface area contributed by atoms with Crippen LogP contribution in [0.15, 0.2) is 66.7 Å². The SMILES string of the molecule is CCc1cc(Cl)c(CC2CCCC(C(C)C(=O)Nc3cccc(C)c3)CCCC2C)c(Cc2ccccc2)c1. The van der Waals surface area contributed by atoms with Gasteiger partial charge in [-0.1, -0.05) is 100 Å². The molecule has 208 valence electrons. The Labute approximate surface area is 241 Å². The summed E-state index contributed by atoms with van der Waals surface area (Å²) in [6.07, 6.45) is 9.98. The fourth-order valence-corrected chi connectivity index (χ4v) is 6.77. The Balaban J connectivity index is 1.44. The van der Waals surface area contributed by atoms with Crippen molar-refractivity contribution in [1.82, 2.24) is 0 Å². The van der Waals surface area contributed by atoms with Gasteiger partial charge < -0.3 is 5.32 Å². The third-order valence-electron chi connectivity index (χ3n) is 9.05. The molecule has 2 nitrogen and oxygen atoms in total. The Morgan fingerprint density at radius 1 is 0.949 bits per heavy atom. The fraction of sp³-hybridized carbons (Fsp3) is 0.472. The zero-order chi connectivity index (χ0) is 27.8. The average molecular weight is 544 g/mol. The number of anilines is 1. The molecule has 0 spiro atoms. The van der Waals surface area contributed by atoms with Gasteiger partial charge in [0.15, 0.2) is 0 Å². The van der Waals surface area contributed by atoms with E-state index in [1.165, 1.54) is 53.5 Å². The van der Waals surface area contributed by atoms with Crippen molar-refractivity contribution < 1.29 is 4.79 Å². The van der Waals surface area contributed by atoms with Gasteiger partial charge in [-0.2, -0.15) is 0 Å². The van der Waals surface area contributed by atoms with Gasteiger partial charge in [-0.05, 0) is 109 Å². The van der Waals surface area contributed by atoms with Gasteiger partial charge in [-0.3, -0.25) is 4.79 Å². The third-order valence-corrected chi connectivity index (χ3v) is 9.39. The molecule has 1 aliphatic carbocycles. The number of hydrogen-bond acceptors (Lipinski definition) is 1. The Hall–Kier alpha value is -2.58. The third kappa shape index (κ3) is 8.21. The van der Waals surface area contributed by atoms with Gasteiger partial charge in [0.25, 0.3) is 0 Å². The van der Waals surface area contributed by atoms with Crippen molar-refractivity contribution in [2.24, 2.45) is 23.7 Å². The first-order valence-corrected chi connectivity index (χ1v) is 15.4. The van der Waals surface area contributed by atoms with Crippen molar-refractivity contribution in [1.29, 1.82) is 0 Å². The van der Waals surface area contributed by atoms with Crippen LogP contribution in [0.1, 0.15) is 87.1 Å². The Bertz CT molecular complexity index is 1220. The van der Waals surface area contributed by atoms with E-state index in [0.717, 1.165) is 42.8 Å². The standard InChI is InChI=1S/C36H46ClNO/c1-5-28-21-32(22-29-14-7-6-8-15-29)34(35(37)23-28)24-31-18-11-17-30(16-10-13-26(31)3)27(4)36(39)38-33-19-9-12-25(2)20-33/h6-9,12,14-15,19-21,23,26-27,30-31H,5,10-11,13,16-18,22,24H2,1-4H3,(H,38,39). The molecular formula is C36H46ClNO. The Kier molecular flexibility index (Phi) is 10.7. The highest BCUT2D eigenvalue weighted by atomic mass is 35.5. The number of carbonyl (C=O) groups excluding carboxylic acids is 1. The van der Waals surface area contributed by atoms with E-state index in [4.69, 9.17) is 11.6 Å². The molecule has 1 saturated carbocycles. The molecule has 3 aromatic rings. The van der Waals surface area contributed by atoms with Crippen LogP contribution in [-0.2, 0) is 24.1 Å². The molecule has 4 rings (SSSR count). The highest BCUT2D eigenvalue weighted by Crippen LogP contribution is 2.37. The molecule has 39 heavy (non-hydrogen) atoms. The van der Waals surface area contributed by atoms with Gasteiger partial charge in [0.2, 0.25) is 5.91 Å². The van der Waals surface area contributed by atoms with E-state index in [9.17, 15) is 4.79 Å². The van der Waals surface area contributed by atoms with Gasteiger partial charge in [0, 0.05) is 16.6 Å². The summed E-state index contributed by atoms with van der Waals surface area (Å²) in [5.41, 5.74) is 7.46. The van der Waals surface area contributed by atoms with Crippen LogP contribution in [0.3, 0.4) is 0 Å². The number of amides is 1. The molecule has 3 aromatic carbocycles. The molecule has 1 amide bonds. The largest absolute Gasteiger partial charge is 0.326 e. The molecule has 0 radical (unpaired) electrons. The molecule has 1 N–H and O–H groups in total. The van der Waals surface area contributed by atoms with Gasteiger partial charge in [0.1, 0.15) is 0 Å². The molecule has 4 atom stereocenters. The van der Waals surface area contributed by atoms with Gasteiger partial charge >= 0.3 is 0 Å². The summed E-state index contributed by atoms with van der Waals surface area (Å²) in [5.74, 6) is 1.86. The fourth-order valence-electron chi connectivity index (χ4n) is 6.43. The Morgan fingerprint density at radius 3 is 2.41 bits per heavy atom. The molecule has 0 aromatic heterocycles. The topological polar surface area (TPSA) is 29.1 Å². The van der Waals surface area contributed by atoms with Gasteiger partial charge in [-0.15, -0.1) is 0 Å². The first kappa shape index (κ1) is 29.4. The number of carbonyl (C=O) groups is 1. The van der Waals surface area contributed by atoms with E-state index in [2.05, 4.69) is 81.5 Å². The van der Waals surface area contributed by atoms with Crippen molar-refractivity contribution in [2.75, 3.05) is 5.32 Å². The van der Waals surface area contributed by atoms with E-state index >= 15 is 0 Å². The minimum absolute atomic E-state index is 0.0193. The lowest BCUT2D eigenvalue weighted by atomic mass is 9.80. The van der Waals surface area contributed by atoms with Crippen molar-refractivity contribution >= 4 is 23.2 Å². The maximum atomic E-state index is 13.1. The number of aryl methyl sites for hydroxylation is 2. The second-order valence-corrected chi connectivity index (χ2v) is 12.3. The first-order chi connectivity index (χ1) is 18.8. The van der Waals surface area contributed by atoms with Crippen LogP contribution < -0.4 is 5.32 Å². The summed E-state index contributed by atoms with van der Waals surface area (Å²) in [5, 5.41) is 4.11. The summed E-state index contributed by atoms with van der Waals surface area (Å²) >= 11 is 6.98. The lowest BCUT2D eigenvalue weighted by Gasteiger charge is -2.26. The van der Waals surface area contributed by atoms with Crippen LogP contribution >= 0.6 is 11.6 Å². The molecule has 3 heteroatoms. The van der Waals surface area contributed by atoms with Crippen molar-refractivity contribution in [3.05, 3.63) is 99.6 Å². The monoisotopic (exact) mass is 543 g/mol. The molecular weight excluding hydrogens is 498 g/mol. The highest BCUT2D eigenvalue weighted by Gasteiger charge is 2.28. The van der Waals surface area contributed by atoms with E-state index in [-0.39, 0.29) is 11.8 Å². The summed E-state index contributed by atoms with van der Waals surface area (Å²) < 4.78 is 0. The number of rotatable bonds is 8. The van der Waals surface area contributed by atoms with E-state index in [1.54, 1.807) is 0 Å². The van der Waals surface area contributed by atoms with Crippen molar-refractivity contribution in [2.45, 2.75) is 85.5 Å². The normalized spacial score (nSPS) is 20.9. The summed E-state index contributed by atoms with van der Waals surface area (Å²) in [4.78, 5) is 13.1. The minimum atomic E-state index is 0.0193. The zero-order valence-electron chi connectivity index (χ0n) is 24.3. The lowest BCUT2D eigenvalue weighted by molar-refractivity contribution is -0.121. The number of benzene rings is 3. The molecule has 0 saturated heterocycles. The van der Waals surface area contributed by atoms with Crippen LogP contribution in [0.25, 0.3) is 0 Å². The number of nitrogens with one attached hydrogen (secondary N) is 1. The molecule has 0 heterocycles. The van der Waals surface area contributed by atoms with Crippen LogP contribution in [0, 0.1) is 30.6 Å².